The van der Waals surface area contributed by atoms with Crippen LogP contribution in [0.25, 0.3) is 0 Å². The van der Waals surface area contributed by atoms with E-state index >= 15 is 0 Å². The maximum absolute atomic E-state index is 12.4. The first-order valence-electron chi connectivity index (χ1n) is 7.44. The Labute approximate surface area is 129 Å². The second-order valence-electron chi connectivity index (χ2n) is 5.56. The summed E-state index contributed by atoms with van der Waals surface area (Å²) in [6.07, 6.45) is 4.81. The van der Waals surface area contributed by atoms with Crippen molar-refractivity contribution < 1.29 is 9.90 Å². The lowest BCUT2D eigenvalue weighted by atomic mass is 10.2. The van der Waals surface area contributed by atoms with Crippen molar-refractivity contribution in [1.29, 1.82) is 0 Å². The Morgan fingerprint density at radius 3 is 2.62 bits per heavy atom. The molecule has 2 heterocycles. The van der Waals surface area contributed by atoms with Crippen LogP contribution < -0.4 is 10.6 Å². The minimum atomic E-state index is -0.236. The van der Waals surface area contributed by atoms with Crippen LogP contribution in [0.4, 0.5) is 10.9 Å². The third kappa shape index (κ3) is 3.65. The molecule has 0 radical (unpaired) electrons. The van der Waals surface area contributed by atoms with Gasteiger partial charge in [0.15, 0.2) is 5.13 Å². The molecular formula is C14H24N4O2S. The van der Waals surface area contributed by atoms with Gasteiger partial charge in [-0.1, -0.05) is 24.2 Å². The van der Waals surface area contributed by atoms with Crippen LogP contribution in [0.5, 0.6) is 0 Å². The number of nitrogens with two attached hydrogens (primary N) is 1. The molecule has 2 rings (SSSR count). The first-order chi connectivity index (χ1) is 10.0. The van der Waals surface area contributed by atoms with Crippen LogP contribution in [-0.4, -0.2) is 53.7 Å². The van der Waals surface area contributed by atoms with E-state index < -0.39 is 0 Å². The number of aromatic nitrogens is 1. The molecule has 1 aliphatic heterocycles. The van der Waals surface area contributed by atoms with Crippen molar-refractivity contribution in [2.45, 2.75) is 38.6 Å². The summed E-state index contributed by atoms with van der Waals surface area (Å²) >= 11 is 1.36. The predicted molar refractivity (Wildman–Crippen MR) is 85.8 cm³/mol. The van der Waals surface area contributed by atoms with Gasteiger partial charge in [-0.15, -0.1) is 0 Å². The Kier molecular flexibility index (Phi) is 5.41. The smallest absolute Gasteiger partial charge is 0.267 e. The fraction of sp³-hybridized carbons (Fsp3) is 0.714. The zero-order chi connectivity index (χ0) is 15.4. The SMILES string of the molecule is CC(CO)N(C)C(=O)c1sc(N2CCCCCC2)nc1N. The van der Waals surface area contributed by atoms with E-state index in [4.69, 9.17) is 10.8 Å². The molecule has 1 saturated heterocycles. The maximum atomic E-state index is 12.4. The van der Waals surface area contributed by atoms with E-state index in [-0.39, 0.29) is 18.6 Å². The molecule has 1 amide bonds. The van der Waals surface area contributed by atoms with E-state index in [0.29, 0.717) is 10.7 Å². The lowest BCUT2D eigenvalue weighted by Gasteiger charge is -2.22. The molecule has 0 bridgehead atoms. The summed E-state index contributed by atoms with van der Waals surface area (Å²) < 4.78 is 0. The number of aliphatic hydroxyl groups excluding tert-OH is 1. The third-order valence-electron chi connectivity index (χ3n) is 3.96. The monoisotopic (exact) mass is 312 g/mol. The number of amides is 1. The van der Waals surface area contributed by atoms with Gasteiger partial charge in [0.1, 0.15) is 10.7 Å². The van der Waals surface area contributed by atoms with E-state index in [2.05, 4.69) is 9.88 Å². The van der Waals surface area contributed by atoms with Gasteiger partial charge < -0.3 is 20.6 Å². The molecule has 3 N–H and O–H groups in total. The fourth-order valence-electron chi connectivity index (χ4n) is 2.35. The van der Waals surface area contributed by atoms with E-state index in [1.165, 1.54) is 29.1 Å². The number of rotatable bonds is 4. The first kappa shape index (κ1) is 16.0. The van der Waals surface area contributed by atoms with Crippen molar-refractivity contribution in [3.8, 4) is 0 Å². The highest BCUT2D eigenvalue weighted by molar-refractivity contribution is 7.18. The molecule has 0 aliphatic carbocycles. The maximum Gasteiger partial charge on any atom is 0.267 e. The normalized spacial score (nSPS) is 17.4. The van der Waals surface area contributed by atoms with Gasteiger partial charge in [0, 0.05) is 20.1 Å². The van der Waals surface area contributed by atoms with Gasteiger partial charge in [0.25, 0.3) is 5.91 Å². The quantitative estimate of drug-likeness (QED) is 0.881. The summed E-state index contributed by atoms with van der Waals surface area (Å²) in [7, 11) is 1.67. The van der Waals surface area contributed by atoms with Crippen LogP contribution in [0.15, 0.2) is 0 Å². The lowest BCUT2D eigenvalue weighted by molar-refractivity contribution is 0.0688. The molecule has 7 heteroatoms. The largest absolute Gasteiger partial charge is 0.394 e. The average Bonchev–Trinajstić information content (AvgIpc) is 2.70. The number of nitrogen functional groups attached to an aromatic ring is 1. The molecule has 0 aromatic carbocycles. The molecule has 21 heavy (non-hydrogen) atoms. The van der Waals surface area contributed by atoms with Crippen molar-refractivity contribution in [2.24, 2.45) is 0 Å². The first-order valence-corrected chi connectivity index (χ1v) is 8.25. The van der Waals surface area contributed by atoms with Crippen molar-refractivity contribution in [3.63, 3.8) is 0 Å². The number of carbonyl (C=O) groups is 1. The van der Waals surface area contributed by atoms with Gasteiger partial charge in [0.05, 0.1) is 12.6 Å². The minimum absolute atomic E-state index is 0.0695. The van der Waals surface area contributed by atoms with Crippen LogP contribution in [0, 0.1) is 0 Å². The molecule has 1 aliphatic rings. The van der Waals surface area contributed by atoms with Crippen LogP contribution in [0.3, 0.4) is 0 Å². The number of nitrogens with zero attached hydrogens (tertiary/aromatic N) is 3. The number of thiazole rings is 1. The van der Waals surface area contributed by atoms with Gasteiger partial charge in [-0.2, -0.15) is 0 Å². The van der Waals surface area contributed by atoms with E-state index in [0.717, 1.165) is 31.1 Å². The Balaban J connectivity index is 2.16. The van der Waals surface area contributed by atoms with Crippen LogP contribution >= 0.6 is 11.3 Å². The van der Waals surface area contributed by atoms with Gasteiger partial charge >= 0.3 is 0 Å². The number of likely N-dealkylation sites (N-methyl/N-ethyl adjacent to an activating group) is 1. The topological polar surface area (TPSA) is 82.7 Å². The summed E-state index contributed by atoms with van der Waals surface area (Å²) in [6.45, 7) is 3.68. The summed E-state index contributed by atoms with van der Waals surface area (Å²) in [4.78, 5) is 21.0. The van der Waals surface area contributed by atoms with E-state index in [1.807, 2.05) is 0 Å². The highest BCUT2D eigenvalue weighted by atomic mass is 32.1. The second-order valence-corrected chi connectivity index (χ2v) is 6.54. The predicted octanol–water partition coefficient (Wildman–Crippen LogP) is 1.56. The molecule has 1 unspecified atom stereocenters. The number of aliphatic hydroxyl groups is 1. The van der Waals surface area contributed by atoms with Crippen molar-refractivity contribution in [3.05, 3.63) is 4.88 Å². The average molecular weight is 312 g/mol. The zero-order valence-corrected chi connectivity index (χ0v) is 13.5. The highest BCUT2D eigenvalue weighted by Crippen LogP contribution is 2.30. The Bertz CT molecular complexity index is 483. The van der Waals surface area contributed by atoms with Gasteiger partial charge in [-0.05, 0) is 19.8 Å². The molecular weight excluding hydrogens is 288 g/mol. The second kappa shape index (κ2) is 7.09. The Hall–Kier alpha value is -1.34. The highest BCUT2D eigenvalue weighted by Gasteiger charge is 2.24. The standard InChI is InChI=1S/C14H24N4O2S/c1-10(9-19)17(2)13(20)11-12(15)16-14(21-11)18-7-5-3-4-6-8-18/h10,19H,3-9,15H2,1-2H3. The van der Waals surface area contributed by atoms with Crippen molar-refractivity contribution in [2.75, 3.05) is 37.4 Å². The Morgan fingerprint density at radius 1 is 1.43 bits per heavy atom. The summed E-state index contributed by atoms with van der Waals surface area (Å²) in [5.41, 5.74) is 5.93. The zero-order valence-electron chi connectivity index (χ0n) is 12.7. The number of carbonyl (C=O) groups excluding carboxylic acids is 1. The van der Waals surface area contributed by atoms with Gasteiger partial charge in [-0.3, -0.25) is 4.79 Å². The molecule has 0 spiro atoms. The fourth-order valence-corrected chi connectivity index (χ4v) is 3.37. The molecule has 1 aromatic rings. The van der Waals surface area contributed by atoms with Crippen LogP contribution in [0.1, 0.15) is 42.3 Å². The van der Waals surface area contributed by atoms with Crippen molar-refractivity contribution >= 4 is 28.2 Å². The van der Waals surface area contributed by atoms with Crippen molar-refractivity contribution in [1.82, 2.24) is 9.88 Å². The number of hydrogen-bond acceptors (Lipinski definition) is 6. The molecule has 118 valence electrons. The van der Waals surface area contributed by atoms with E-state index in [9.17, 15) is 4.79 Å². The molecule has 6 nitrogen and oxygen atoms in total. The minimum Gasteiger partial charge on any atom is -0.394 e. The van der Waals surface area contributed by atoms with E-state index in [1.54, 1.807) is 14.0 Å². The molecule has 1 aromatic heterocycles. The summed E-state index contributed by atoms with van der Waals surface area (Å²) in [5, 5.41) is 10.0. The van der Waals surface area contributed by atoms with Crippen LogP contribution in [0.2, 0.25) is 0 Å². The summed E-state index contributed by atoms with van der Waals surface area (Å²) in [6, 6.07) is -0.236. The Morgan fingerprint density at radius 2 is 2.05 bits per heavy atom. The number of anilines is 2. The lowest BCUT2D eigenvalue weighted by Crippen LogP contribution is -2.37. The molecule has 1 fully saturated rings. The van der Waals surface area contributed by atoms with Crippen LogP contribution in [-0.2, 0) is 0 Å². The molecule has 1 atom stereocenters. The van der Waals surface area contributed by atoms with Gasteiger partial charge in [-0.25, -0.2) is 4.98 Å². The molecule has 0 saturated carbocycles. The number of hydrogen-bond donors (Lipinski definition) is 2. The van der Waals surface area contributed by atoms with Gasteiger partial charge in [0.2, 0.25) is 0 Å². The summed E-state index contributed by atoms with van der Waals surface area (Å²) in [5.74, 6) is 0.119. The third-order valence-corrected chi connectivity index (χ3v) is 5.08.